The van der Waals surface area contributed by atoms with Gasteiger partial charge in [-0.25, -0.2) is 0 Å². The van der Waals surface area contributed by atoms with Gasteiger partial charge in [0.25, 0.3) is 5.91 Å². The highest BCUT2D eigenvalue weighted by atomic mass is 35.5. The van der Waals surface area contributed by atoms with Crippen molar-refractivity contribution in [3.8, 4) is 11.3 Å². The maximum Gasteiger partial charge on any atom is 0.280 e. The van der Waals surface area contributed by atoms with Crippen molar-refractivity contribution in [2.75, 3.05) is 0 Å². The monoisotopic (exact) mass is 468 g/mol. The molecule has 1 amide bonds. The van der Waals surface area contributed by atoms with E-state index in [0.717, 1.165) is 34.9 Å². The van der Waals surface area contributed by atoms with Gasteiger partial charge in [-0.3, -0.25) is 4.79 Å². The first-order valence-corrected chi connectivity index (χ1v) is 11.9. The molecule has 6 heteroatoms. The van der Waals surface area contributed by atoms with Crippen LogP contribution in [-0.4, -0.2) is 10.5 Å². The Labute approximate surface area is 195 Å². The Hall–Kier alpha value is -2.40. The van der Waals surface area contributed by atoms with Crippen LogP contribution in [0.4, 0.5) is 0 Å². The molecule has 0 atom stereocenters. The summed E-state index contributed by atoms with van der Waals surface area (Å²) in [5.41, 5.74) is 2.65. The molecular formula is C25H22Cl2N2OS. The van der Waals surface area contributed by atoms with Crippen molar-refractivity contribution >= 4 is 51.2 Å². The summed E-state index contributed by atoms with van der Waals surface area (Å²) in [7, 11) is 0. The molecule has 3 aromatic carbocycles. The van der Waals surface area contributed by atoms with Crippen LogP contribution < -0.4 is 4.80 Å². The van der Waals surface area contributed by atoms with E-state index in [2.05, 4.69) is 23.4 Å². The lowest BCUT2D eigenvalue weighted by molar-refractivity contribution is 0.0999. The second-order valence-electron chi connectivity index (χ2n) is 7.22. The van der Waals surface area contributed by atoms with E-state index < -0.39 is 0 Å². The Morgan fingerprint density at radius 2 is 1.77 bits per heavy atom. The van der Waals surface area contributed by atoms with Crippen LogP contribution in [0.25, 0.3) is 22.0 Å². The van der Waals surface area contributed by atoms with Gasteiger partial charge in [-0.2, -0.15) is 4.99 Å². The summed E-state index contributed by atoms with van der Waals surface area (Å²) in [4.78, 5) is 19.6. The molecular weight excluding hydrogens is 447 g/mol. The quantitative estimate of drug-likeness (QED) is 0.300. The lowest BCUT2D eigenvalue weighted by Crippen LogP contribution is -2.17. The van der Waals surface area contributed by atoms with Gasteiger partial charge in [-0.05, 0) is 42.3 Å². The van der Waals surface area contributed by atoms with E-state index in [0.29, 0.717) is 27.0 Å². The van der Waals surface area contributed by atoms with E-state index >= 15 is 0 Å². The van der Waals surface area contributed by atoms with Crippen LogP contribution in [0.1, 0.15) is 35.5 Å². The number of aromatic nitrogens is 1. The molecule has 0 unspecified atom stereocenters. The number of hydrogen-bond donors (Lipinski definition) is 0. The van der Waals surface area contributed by atoms with E-state index in [4.69, 9.17) is 23.2 Å². The first-order valence-electron chi connectivity index (χ1n) is 10.3. The van der Waals surface area contributed by atoms with E-state index in [1.807, 2.05) is 60.7 Å². The first kappa shape index (κ1) is 21.8. The highest BCUT2D eigenvalue weighted by molar-refractivity contribution is 7.09. The second-order valence-corrected chi connectivity index (χ2v) is 9.10. The molecule has 4 rings (SSSR count). The SMILES string of the molecule is CCCc1sc(=NC(=O)c2cccc3ccccc23)n(CC)c1-c1ccc(Cl)c(Cl)c1. The molecule has 0 saturated carbocycles. The zero-order valence-electron chi connectivity index (χ0n) is 17.4. The van der Waals surface area contributed by atoms with Crippen molar-refractivity contribution in [3.63, 3.8) is 0 Å². The molecule has 0 saturated heterocycles. The number of carbonyl (C=O) groups is 1. The minimum atomic E-state index is -0.232. The molecule has 0 radical (unpaired) electrons. The molecule has 4 aromatic rings. The maximum atomic E-state index is 13.2. The summed E-state index contributed by atoms with van der Waals surface area (Å²) >= 11 is 14.0. The Balaban J connectivity index is 1.89. The highest BCUT2D eigenvalue weighted by Crippen LogP contribution is 2.32. The Kier molecular flexibility index (Phi) is 6.61. The van der Waals surface area contributed by atoms with Crippen LogP contribution in [0.2, 0.25) is 10.0 Å². The fraction of sp³-hybridized carbons (Fsp3) is 0.200. The van der Waals surface area contributed by atoms with Gasteiger partial charge in [0, 0.05) is 22.5 Å². The predicted octanol–water partition coefficient (Wildman–Crippen LogP) is 7.39. The lowest BCUT2D eigenvalue weighted by Gasteiger charge is -2.10. The third kappa shape index (κ3) is 4.33. The molecule has 0 N–H and O–H groups in total. The predicted molar refractivity (Wildman–Crippen MR) is 131 cm³/mol. The van der Waals surface area contributed by atoms with Crippen LogP contribution in [0, 0.1) is 0 Å². The molecule has 0 fully saturated rings. The summed E-state index contributed by atoms with van der Waals surface area (Å²) in [6.07, 6.45) is 1.90. The summed E-state index contributed by atoms with van der Waals surface area (Å²) in [6.45, 7) is 4.90. The molecule has 0 aliphatic rings. The normalized spacial score (nSPS) is 11.9. The minimum Gasteiger partial charge on any atom is -0.316 e. The van der Waals surface area contributed by atoms with Gasteiger partial charge in [0.1, 0.15) is 0 Å². The number of rotatable bonds is 5. The smallest absolute Gasteiger partial charge is 0.280 e. The van der Waals surface area contributed by atoms with Gasteiger partial charge in [-0.15, -0.1) is 11.3 Å². The molecule has 0 bridgehead atoms. The molecule has 31 heavy (non-hydrogen) atoms. The average Bonchev–Trinajstić information content (AvgIpc) is 3.12. The molecule has 3 nitrogen and oxygen atoms in total. The Bertz CT molecular complexity index is 1330. The van der Waals surface area contributed by atoms with Gasteiger partial charge in [-0.1, -0.05) is 79.0 Å². The minimum absolute atomic E-state index is 0.232. The summed E-state index contributed by atoms with van der Waals surface area (Å²) in [5.74, 6) is -0.232. The molecule has 0 aliphatic carbocycles. The number of amides is 1. The summed E-state index contributed by atoms with van der Waals surface area (Å²) in [5, 5.41) is 2.98. The van der Waals surface area contributed by atoms with Crippen LogP contribution >= 0.6 is 34.5 Å². The number of halogens is 2. The number of carbonyl (C=O) groups excluding carboxylic acids is 1. The van der Waals surface area contributed by atoms with E-state index in [1.54, 1.807) is 11.3 Å². The van der Waals surface area contributed by atoms with Crippen molar-refractivity contribution in [3.05, 3.63) is 86.0 Å². The van der Waals surface area contributed by atoms with Gasteiger partial charge < -0.3 is 4.57 Å². The zero-order valence-corrected chi connectivity index (χ0v) is 19.7. The number of aryl methyl sites for hydroxylation is 1. The van der Waals surface area contributed by atoms with Crippen molar-refractivity contribution in [2.24, 2.45) is 4.99 Å². The molecule has 1 heterocycles. The molecule has 158 valence electrons. The van der Waals surface area contributed by atoms with E-state index in [-0.39, 0.29) is 5.91 Å². The van der Waals surface area contributed by atoms with Gasteiger partial charge in [0.2, 0.25) is 0 Å². The average molecular weight is 469 g/mol. The van der Waals surface area contributed by atoms with Gasteiger partial charge in [0.05, 0.1) is 15.7 Å². The number of hydrogen-bond acceptors (Lipinski definition) is 2. The Morgan fingerprint density at radius 3 is 2.52 bits per heavy atom. The van der Waals surface area contributed by atoms with Crippen molar-refractivity contribution in [1.82, 2.24) is 4.57 Å². The number of nitrogens with zero attached hydrogens (tertiary/aromatic N) is 2. The third-order valence-corrected chi connectivity index (χ3v) is 7.06. The first-order chi connectivity index (χ1) is 15.0. The summed E-state index contributed by atoms with van der Waals surface area (Å²) < 4.78 is 2.10. The van der Waals surface area contributed by atoms with Crippen molar-refractivity contribution < 1.29 is 4.79 Å². The number of thiazole rings is 1. The van der Waals surface area contributed by atoms with Crippen LogP contribution in [-0.2, 0) is 13.0 Å². The largest absolute Gasteiger partial charge is 0.316 e. The fourth-order valence-electron chi connectivity index (χ4n) is 3.75. The second kappa shape index (κ2) is 9.39. The van der Waals surface area contributed by atoms with Crippen LogP contribution in [0.15, 0.2) is 65.7 Å². The standard InChI is InChI=1S/C25H22Cl2N2OS/c1-3-8-22-23(17-13-14-20(26)21(27)15-17)29(4-2)25(31-22)28-24(30)19-12-7-10-16-9-5-6-11-18(16)19/h5-7,9-15H,3-4,8H2,1-2H3. The van der Waals surface area contributed by atoms with Crippen molar-refractivity contribution in [2.45, 2.75) is 33.2 Å². The Morgan fingerprint density at radius 1 is 1.00 bits per heavy atom. The van der Waals surface area contributed by atoms with E-state index in [1.165, 1.54) is 4.88 Å². The van der Waals surface area contributed by atoms with Gasteiger partial charge in [0.15, 0.2) is 4.80 Å². The molecule has 0 aliphatic heterocycles. The van der Waals surface area contributed by atoms with Crippen LogP contribution in [0.5, 0.6) is 0 Å². The third-order valence-electron chi connectivity index (χ3n) is 5.18. The lowest BCUT2D eigenvalue weighted by atomic mass is 10.0. The molecule has 0 spiro atoms. The summed E-state index contributed by atoms with van der Waals surface area (Å²) in [6, 6.07) is 19.3. The van der Waals surface area contributed by atoms with E-state index in [9.17, 15) is 4.79 Å². The maximum absolute atomic E-state index is 13.2. The fourth-order valence-corrected chi connectivity index (χ4v) is 5.36. The highest BCUT2D eigenvalue weighted by Gasteiger charge is 2.17. The molecule has 1 aromatic heterocycles. The van der Waals surface area contributed by atoms with Gasteiger partial charge >= 0.3 is 0 Å². The van der Waals surface area contributed by atoms with Crippen molar-refractivity contribution in [1.29, 1.82) is 0 Å². The topological polar surface area (TPSA) is 34.4 Å². The zero-order chi connectivity index (χ0) is 22.0. The van der Waals surface area contributed by atoms with Crippen LogP contribution in [0.3, 0.4) is 0 Å². The number of benzene rings is 3. The number of fused-ring (bicyclic) bond motifs is 1.